The van der Waals surface area contributed by atoms with Gasteiger partial charge in [-0.2, -0.15) is 4.58 Å². The predicted octanol–water partition coefficient (Wildman–Crippen LogP) is 4.47. The van der Waals surface area contributed by atoms with Crippen LogP contribution in [0.15, 0.2) is 60.7 Å². The van der Waals surface area contributed by atoms with Crippen LogP contribution in [-0.2, 0) is 6.42 Å². The first-order chi connectivity index (χ1) is 10.2. The summed E-state index contributed by atoms with van der Waals surface area (Å²) < 4.78 is 2.34. The van der Waals surface area contributed by atoms with Crippen LogP contribution in [-0.4, -0.2) is 17.3 Å². The van der Waals surface area contributed by atoms with Crippen LogP contribution in [0.3, 0.4) is 0 Å². The Kier molecular flexibility index (Phi) is 2.68. The van der Waals surface area contributed by atoms with E-state index in [0.29, 0.717) is 0 Å². The van der Waals surface area contributed by atoms with Crippen LogP contribution >= 0.6 is 0 Å². The van der Waals surface area contributed by atoms with Crippen molar-refractivity contribution in [2.45, 2.75) is 13.3 Å². The van der Waals surface area contributed by atoms with Gasteiger partial charge in [-0.05, 0) is 29.3 Å². The molecule has 1 heterocycles. The van der Waals surface area contributed by atoms with Crippen LogP contribution in [0.25, 0.3) is 10.8 Å². The van der Waals surface area contributed by atoms with E-state index in [1.807, 2.05) is 0 Å². The lowest BCUT2D eigenvalue weighted by Crippen LogP contribution is -2.12. The lowest BCUT2D eigenvalue weighted by atomic mass is 9.96. The average molecular weight is 272 g/mol. The number of para-hydroxylation sites is 1. The Morgan fingerprint density at radius 2 is 1.52 bits per heavy atom. The Labute approximate surface area is 125 Å². The van der Waals surface area contributed by atoms with Gasteiger partial charge in [-0.1, -0.05) is 48.5 Å². The second-order valence-corrected chi connectivity index (χ2v) is 5.83. The van der Waals surface area contributed by atoms with Crippen molar-refractivity contribution in [3.05, 3.63) is 77.4 Å². The number of fused-ring (bicyclic) bond motifs is 2. The van der Waals surface area contributed by atoms with Gasteiger partial charge in [0, 0.05) is 17.2 Å². The molecule has 21 heavy (non-hydrogen) atoms. The van der Waals surface area contributed by atoms with E-state index in [1.54, 1.807) is 0 Å². The summed E-state index contributed by atoms with van der Waals surface area (Å²) in [7, 11) is 2.18. The van der Waals surface area contributed by atoms with Crippen LogP contribution in [0, 0.1) is 6.92 Å². The smallest absolute Gasteiger partial charge is 0.198 e. The number of aryl methyl sites for hydroxylation is 1. The van der Waals surface area contributed by atoms with Crippen molar-refractivity contribution in [2.24, 2.45) is 0 Å². The molecular weight excluding hydrogens is 254 g/mol. The Morgan fingerprint density at radius 1 is 0.857 bits per heavy atom. The van der Waals surface area contributed by atoms with Gasteiger partial charge in [0.1, 0.15) is 7.05 Å². The molecule has 1 heteroatoms. The predicted molar refractivity (Wildman–Crippen MR) is 88.8 cm³/mol. The van der Waals surface area contributed by atoms with Gasteiger partial charge in [-0.15, -0.1) is 0 Å². The van der Waals surface area contributed by atoms with Crippen molar-refractivity contribution >= 4 is 22.2 Å². The lowest BCUT2D eigenvalue weighted by Gasteiger charge is -2.06. The van der Waals surface area contributed by atoms with Crippen molar-refractivity contribution in [3.8, 4) is 0 Å². The summed E-state index contributed by atoms with van der Waals surface area (Å²) in [5, 5.41) is 2.63. The van der Waals surface area contributed by atoms with Gasteiger partial charge >= 0.3 is 0 Å². The molecule has 102 valence electrons. The Hall–Kier alpha value is -2.41. The number of rotatable bonds is 1. The fourth-order valence-corrected chi connectivity index (χ4v) is 3.37. The molecule has 3 aromatic carbocycles. The summed E-state index contributed by atoms with van der Waals surface area (Å²) >= 11 is 0. The summed E-state index contributed by atoms with van der Waals surface area (Å²) in [5.41, 5.74) is 6.87. The maximum absolute atomic E-state index is 2.34. The minimum atomic E-state index is 1.02. The molecular formula is C20H18N+. The molecule has 0 N–H and O–H groups in total. The summed E-state index contributed by atoms with van der Waals surface area (Å²) in [4.78, 5) is 0. The first-order valence-electron chi connectivity index (χ1n) is 7.41. The number of hydrogen-bond acceptors (Lipinski definition) is 0. The average Bonchev–Trinajstić information content (AvgIpc) is 2.84. The topological polar surface area (TPSA) is 3.01 Å². The normalized spacial score (nSPS) is 13.8. The Balaban J connectivity index is 1.92. The highest BCUT2D eigenvalue weighted by Gasteiger charge is 2.28. The number of benzene rings is 3. The van der Waals surface area contributed by atoms with Gasteiger partial charge < -0.3 is 0 Å². The fourth-order valence-electron chi connectivity index (χ4n) is 3.37. The molecule has 0 aliphatic carbocycles. The molecule has 0 radical (unpaired) electrons. The van der Waals surface area contributed by atoms with Crippen LogP contribution < -0.4 is 0 Å². The molecule has 0 amide bonds. The quantitative estimate of drug-likeness (QED) is 0.575. The zero-order valence-electron chi connectivity index (χ0n) is 12.4. The van der Waals surface area contributed by atoms with Crippen LogP contribution in [0.1, 0.15) is 16.7 Å². The Morgan fingerprint density at radius 3 is 2.29 bits per heavy atom. The maximum Gasteiger partial charge on any atom is 0.208 e. The minimum Gasteiger partial charge on any atom is -0.198 e. The second kappa shape index (κ2) is 4.56. The molecule has 0 aromatic heterocycles. The van der Waals surface area contributed by atoms with E-state index in [0.717, 1.165) is 6.42 Å². The summed E-state index contributed by atoms with van der Waals surface area (Å²) in [5.74, 6) is 0. The molecule has 3 aromatic rings. The highest BCUT2D eigenvalue weighted by atomic mass is 15.0. The van der Waals surface area contributed by atoms with Crippen molar-refractivity contribution in [3.63, 3.8) is 0 Å². The third-order valence-corrected chi connectivity index (χ3v) is 4.52. The molecule has 1 nitrogen and oxygen atoms in total. The monoisotopic (exact) mass is 272 g/mol. The van der Waals surface area contributed by atoms with Crippen molar-refractivity contribution in [1.29, 1.82) is 0 Å². The standard InChI is InChI=1S/C20H18N/c1-14-11-15-7-3-4-8-16(15)12-18(14)20-13-17-9-5-6-10-19(17)21(20)2/h3-12H,13H2,1-2H3/q+1. The molecule has 1 aliphatic rings. The van der Waals surface area contributed by atoms with E-state index in [-0.39, 0.29) is 0 Å². The third-order valence-electron chi connectivity index (χ3n) is 4.52. The van der Waals surface area contributed by atoms with Gasteiger partial charge in [0.05, 0.1) is 6.42 Å². The first-order valence-corrected chi connectivity index (χ1v) is 7.41. The SMILES string of the molecule is Cc1cc2ccccc2cc1C1=[N+](C)c2ccccc2C1. The van der Waals surface area contributed by atoms with Gasteiger partial charge in [0.2, 0.25) is 5.69 Å². The van der Waals surface area contributed by atoms with Crippen LogP contribution in [0.2, 0.25) is 0 Å². The van der Waals surface area contributed by atoms with E-state index in [1.165, 1.54) is 38.9 Å². The molecule has 0 saturated carbocycles. The van der Waals surface area contributed by atoms with E-state index in [4.69, 9.17) is 0 Å². The molecule has 1 aliphatic heterocycles. The highest BCUT2D eigenvalue weighted by molar-refractivity contribution is 6.05. The van der Waals surface area contributed by atoms with E-state index < -0.39 is 0 Å². The maximum atomic E-state index is 2.34. The van der Waals surface area contributed by atoms with Crippen molar-refractivity contribution < 1.29 is 4.58 Å². The molecule has 0 bridgehead atoms. The van der Waals surface area contributed by atoms with E-state index in [2.05, 4.69) is 79.2 Å². The lowest BCUT2D eigenvalue weighted by molar-refractivity contribution is -0.401. The molecule has 4 rings (SSSR count). The van der Waals surface area contributed by atoms with Gasteiger partial charge in [-0.25, -0.2) is 0 Å². The van der Waals surface area contributed by atoms with Gasteiger partial charge in [-0.3, -0.25) is 0 Å². The summed E-state index contributed by atoms with van der Waals surface area (Å²) in [6.45, 7) is 2.21. The zero-order chi connectivity index (χ0) is 14.4. The van der Waals surface area contributed by atoms with Crippen LogP contribution in [0.5, 0.6) is 0 Å². The third kappa shape index (κ3) is 1.89. The molecule has 0 unspecified atom stereocenters. The fraction of sp³-hybridized carbons (Fsp3) is 0.150. The number of hydrogen-bond donors (Lipinski definition) is 0. The molecule has 0 saturated heterocycles. The van der Waals surface area contributed by atoms with Crippen molar-refractivity contribution in [2.75, 3.05) is 7.05 Å². The summed E-state index contributed by atoms with van der Waals surface area (Å²) in [6, 6.07) is 21.9. The highest BCUT2D eigenvalue weighted by Crippen LogP contribution is 2.29. The van der Waals surface area contributed by atoms with Crippen molar-refractivity contribution in [1.82, 2.24) is 0 Å². The van der Waals surface area contributed by atoms with Gasteiger partial charge in [0.25, 0.3) is 0 Å². The first kappa shape index (κ1) is 12.3. The summed E-state index contributed by atoms with van der Waals surface area (Å²) in [6.07, 6.45) is 1.02. The number of nitrogens with zero attached hydrogens (tertiary/aromatic N) is 1. The zero-order valence-corrected chi connectivity index (χ0v) is 12.4. The molecule has 0 spiro atoms. The van der Waals surface area contributed by atoms with Crippen LogP contribution in [0.4, 0.5) is 5.69 Å². The molecule has 0 fully saturated rings. The minimum absolute atomic E-state index is 1.02. The second-order valence-electron chi connectivity index (χ2n) is 5.83. The van der Waals surface area contributed by atoms with E-state index >= 15 is 0 Å². The Bertz CT molecular complexity index is 887. The largest absolute Gasteiger partial charge is 0.208 e. The van der Waals surface area contributed by atoms with Gasteiger partial charge in [0.15, 0.2) is 5.71 Å². The molecule has 0 atom stereocenters. The van der Waals surface area contributed by atoms with E-state index in [9.17, 15) is 0 Å².